The molecule has 1 aromatic heterocycles. The molecule has 1 heterocycles. The van der Waals surface area contributed by atoms with Crippen LogP contribution in [-0.2, 0) is 0 Å². The van der Waals surface area contributed by atoms with Gasteiger partial charge < -0.3 is 15.1 Å². The number of carbonyl (C=O) groups is 1. The summed E-state index contributed by atoms with van der Waals surface area (Å²) in [5.74, 6) is -0.520. The maximum absolute atomic E-state index is 11.9. The summed E-state index contributed by atoms with van der Waals surface area (Å²) in [7, 11) is 0. The number of aliphatic hydroxyl groups excluding tert-OH is 1. The molecule has 0 aliphatic rings. The number of carbonyl (C=O) groups excluding carboxylic acids is 1. The predicted octanol–water partition coefficient (Wildman–Crippen LogP) is 0.408. The average Bonchev–Trinajstić information content (AvgIpc) is 2.28. The molecular weight excluding hydrogens is 208 g/mol. The third kappa shape index (κ3) is 2.80. The predicted molar refractivity (Wildman–Crippen MR) is 59.1 cm³/mol. The molecule has 5 nitrogen and oxygen atoms in total. The third-order valence-electron chi connectivity index (χ3n) is 2.04. The van der Waals surface area contributed by atoms with Gasteiger partial charge in [-0.25, -0.2) is 0 Å². The first-order chi connectivity index (χ1) is 7.70. The minimum Gasteiger partial charge on any atom is -0.505 e. The van der Waals surface area contributed by atoms with Crippen molar-refractivity contribution in [2.45, 2.75) is 0 Å². The normalized spacial score (nSPS) is 9.81. The van der Waals surface area contributed by atoms with Crippen LogP contribution in [0.4, 0.5) is 0 Å². The number of nitrogens with zero attached hydrogens (tertiary/aromatic N) is 2. The van der Waals surface area contributed by atoms with Crippen molar-refractivity contribution in [1.82, 2.24) is 9.88 Å². The van der Waals surface area contributed by atoms with Gasteiger partial charge in [0.2, 0.25) is 0 Å². The summed E-state index contributed by atoms with van der Waals surface area (Å²) in [5.41, 5.74) is 0.172. The summed E-state index contributed by atoms with van der Waals surface area (Å²) < 4.78 is 0. The van der Waals surface area contributed by atoms with Gasteiger partial charge in [0.15, 0.2) is 0 Å². The van der Waals surface area contributed by atoms with Crippen molar-refractivity contribution in [3.63, 3.8) is 0 Å². The number of pyridine rings is 1. The highest BCUT2D eigenvalue weighted by Crippen LogP contribution is 2.16. The van der Waals surface area contributed by atoms with Crippen LogP contribution in [0.2, 0.25) is 0 Å². The van der Waals surface area contributed by atoms with Crippen molar-refractivity contribution in [3.8, 4) is 5.75 Å². The second-order valence-corrected chi connectivity index (χ2v) is 3.16. The second kappa shape index (κ2) is 5.87. The lowest BCUT2D eigenvalue weighted by Gasteiger charge is -2.20. The molecule has 0 aliphatic carbocycles. The van der Waals surface area contributed by atoms with Crippen molar-refractivity contribution in [1.29, 1.82) is 0 Å². The van der Waals surface area contributed by atoms with Crippen molar-refractivity contribution < 1.29 is 15.0 Å². The quantitative estimate of drug-likeness (QED) is 0.707. The van der Waals surface area contributed by atoms with Gasteiger partial charge in [0.05, 0.1) is 18.4 Å². The van der Waals surface area contributed by atoms with Crippen molar-refractivity contribution in [2.75, 3.05) is 19.7 Å². The van der Waals surface area contributed by atoms with E-state index in [1.54, 1.807) is 6.08 Å². The molecule has 86 valence electrons. The molecule has 0 atom stereocenters. The summed E-state index contributed by atoms with van der Waals surface area (Å²) in [6, 6.07) is 1.44. The van der Waals surface area contributed by atoms with E-state index in [1.165, 1.54) is 23.4 Å². The highest BCUT2D eigenvalue weighted by molar-refractivity contribution is 5.96. The highest BCUT2D eigenvalue weighted by Gasteiger charge is 2.17. The molecule has 0 radical (unpaired) electrons. The highest BCUT2D eigenvalue weighted by atomic mass is 16.3. The van der Waals surface area contributed by atoms with Gasteiger partial charge in [-0.2, -0.15) is 0 Å². The Balaban J connectivity index is 2.89. The topological polar surface area (TPSA) is 73.7 Å². The van der Waals surface area contributed by atoms with E-state index in [0.29, 0.717) is 6.54 Å². The number of hydrogen-bond acceptors (Lipinski definition) is 4. The van der Waals surface area contributed by atoms with E-state index in [2.05, 4.69) is 11.6 Å². The summed E-state index contributed by atoms with van der Waals surface area (Å²) in [4.78, 5) is 17.0. The Morgan fingerprint density at radius 3 is 2.94 bits per heavy atom. The Bertz CT molecular complexity index is 379. The van der Waals surface area contributed by atoms with E-state index in [-0.39, 0.29) is 30.4 Å². The van der Waals surface area contributed by atoms with Gasteiger partial charge in [-0.3, -0.25) is 9.78 Å². The van der Waals surface area contributed by atoms with Crippen LogP contribution in [0, 0.1) is 0 Å². The van der Waals surface area contributed by atoms with Crippen LogP contribution in [-0.4, -0.2) is 45.7 Å². The number of hydrogen-bond donors (Lipinski definition) is 2. The molecule has 1 amide bonds. The zero-order valence-electron chi connectivity index (χ0n) is 8.83. The number of amides is 1. The first-order valence-corrected chi connectivity index (χ1v) is 4.84. The molecule has 0 aliphatic heterocycles. The first kappa shape index (κ1) is 12.2. The van der Waals surface area contributed by atoms with Crippen molar-refractivity contribution in [3.05, 3.63) is 36.7 Å². The number of rotatable bonds is 5. The van der Waals surface area contributed by atoms with Gasteiger partial charge in [-0.15, -0.1) is 6.58 Å². The SMILES string of the molecule is C=CCN(CCO)C(=O)c1ccncc1O. The van der Waals surface area contributed by atoms with Gasteiger partial charge in [0.25, 0.3) is 5.91 Å². The summed E-state index contributed by atoms with van der Waals surface area (Å²) >= 11 is 0. The smallest absolute Gasteiger partial charge is 0.258 e. The van der Waals surface area contributed by atoms with Crippen molar-refractivity contribution in [2.24, 2.45) is 0 Å². The molecule has 0 fully saturated rings. The fraction of sp³-hybridized carbons (Fsp3) is 0.273. The van der Waals surface area contributed by atoms with Gasteiger partial charge in [-0.05, 0) is 6.07 Å². The lowest BCUT2D eigenvalue weighted by molar-refractivity contribution is 0.0739. The molecule has 0 aromatic carbocycles. The standard InChI is InChI=1S/C11H14N2O3/c1-2-5-13(6-7-14)11(16)9-3-4-12-8-10(9)15/h2-4,8,14-15H,1,5-7H2. The molecular formula is C11H14N2O3. The number of aliphatic hydroxyl groups is 1. The molecule has 5 heteroatoms. The van der Waals surface area contributed by atoms with Gasteiger partial charge >= 0.3 is 0 Å². The monoisotopic (exact) mass is 222 g/mol. The maximum Gasteiger partial charge on any atom is 0.258 e. The van der Waals surface area contributed by atoms with Crippen LogP contribution >= 0.6 is 0 Å². The second-order valence-electron chi connectivity index (χ2n) is 3.16. The number of aromatic hydroxyl groups is 1. The zero-order valence-corrected chi connectivity index (χ0v) is 8.83. The van der Waals surface area contributed by atoms with Crippen LogP contribution in [0.25, 0.3) is 0 Å². The lowest BCUT2D eigenvalue weighted by Crippen LogP contribution is -2.33. The van der Waals surface area contributed by atoms with Gasteiger partial charge in [0.1, 0.15) is 5.75 Å². The average molecular weight is 222 g/mol. The molecule has 1 rings (SSSR count). The van der Waals surface area contributed by atoms with Gasteiger partial charge in [-0.1, -0.05) is 6.08 Å². The van der Waals surface area contributed by atoms with E-state index >= 15 is 0 Å². The molecule has 0 bridgehead atoms. The van der Waals surface area contributed by atoms with Crippen molar-refractivity contribution >= 4 is 5.91 Å². The Morgan fingerprint density at radius 1 is 1.62 bits per heavy atom. The maximum atomic E-state index is 11.9. The van der Waals surface area contributed by atoms with E-state index in [0.717, 1.165) is 0 Å². The molecule has 1 aromatic rings. The van der Waals surface area contributed by atoms with E-state index in [4.69, 9.17) is 5.11 Å². The largest absolute Gasteiger partial charge is 0.505 e. The lowest BCUT2D eigenvalue weighted by atomic mass is 10.2. The Hall–Kier alpha value is -1.88. The van der Waals surface area contributed by atoms with Crippen LogP contribution in [0.5, 0.6) is 5.75 Å². The fourth-order valence-corrected chi connectivity index (χ4v) is 1.29. The zero-order chi connectivity index (χ0) is 12.0. The van der Waals surface area contributed by atoms with Crippen LogP contribution < -0.4 is 0 Å². The Labute approximate surface area is 93.7 Å². The van der Waals surface area contributed by atoms with E-state index in [9.17, 15) is 9.90 Å². The first-order valence-electron chi connectivity index (χ1n) is 4.84. The summed E-state index contributed by atoms with van der Waals surface area (Å²) in [6.45, 7) is 3.92. The molecule has 0 unspecified atom stereocenters. The van der Waals surface area contributed by atoms with E-state index < -0.39 is 0 Å². The Kier molecular flexibility index (Phi) is 4.47. The van der Waals surface area contributed by atoms with E-state index in [1.807, 2.05) is 0 Å². The molecule has 2 N–H and O–H groups in total. The minimum absolute atomic E-state index is 0.134. The van der Waals surface area contributed by atoms with Gasteiger partial charge in [0, 0.05) is 19.3 Å². The van der Waals surface area contributed by atoms with Crippen LogP contribution in [0.15, 0.2) is 31.1 Å². The Morgan fingerprint density at radius 2 is 2.38 bits per heavy atom. The van der Waals surface area contributed by atoms with Crippen LogP contribution in [0.1, 0.15) is 10.4 Å². The molecule has 16 heavy (non-hydrogen) atoms. The fourth-order valence-electron chi connectivity index (χ4n) is 1.29. The molecule has 0 spiro atoms. The molecule has 0 saturated carbocycles. The van der Waals surface area contributed by atoms with Crippen LogP contribution in [0.3, 0.4) is 0 Å². The third-order valence-corrected chi connectivity index (χ3v) is 2.04. The number of aromatic nitrogens is 1. The summed E-state index contributed by atoms with van der Waals surface area (Å²) in [5, 5.41) is 18.3. The minimum atomic E-state index is -0.353. The molecule has 0 saturated heterocycles. The summed E-state index contributed by atoms with van der Waals surface area (Å²) in [6.07, 6.45) is 4.20.